The number of aliphatic carboxylic acids is 1. The van der Waals surface area contributed by atoms with Gasteiger partial charge in [-0.15, -0.1) is 0 Å². The van der Waals surface area contributed by atoms with Gasteiger partial charge in [0.25, 0.3) is 0 Å². The van der Waals surface area contributed by atoms with Crippen molar-refractivity contribution in [2.45, 2.75) is 45.7 Å². The van der Waals surface area contributed by atoms with Crippen LogP contribution in [-0.2, 0) is 14.4 Å². The van der Waals surface area contributed by atoms with Gasteiger partial charge < -0.3 is 21.1 Å². The van der Waals surface area contributed by atoms with Crippen LogP contribution in [0.25, 0.3) is 0 Å². The van der Waals surface area contributed by atoms with Crippen molar-refractivity contribution in [3.63, 3.8) is 0 Å². The van der Waals surface area contributed by atoms with Gasteiger partial charge in [0.15, 0.2) is 0 Å². The summed E-state index contributed by atoms with van der Waals surface area (Å²) in [5.41, 5.74) is 5.70. The third-order valence-corrected chi connectivity index (χ3v) is 3.98. The van der Waals surface area contributed by atoms with E-state index in [0.29, 0.717) is 19.4 Å². The molecular formula is C14H25N3O4. The summed E-state index contributed by atoms with van der Waals surface area (Å²) in [6.45, 7) is 5.81. The summed E-state index contributed by atoms with van der Waals surface area (Å²) in [5, 5.41) is 11.5. The highest BCUT2D eigenvalue weighted by atomic mass is 16.4. The Morgan fingerprint density at radius 1 is 1.38 bits per heavy atom. The van der Waals surface area contributed by atoms with Gasteiger partial charge in [-0.05, 0) is 25.7 Å². The molecule has 7 nitrogen and oxygen atoms in total. The number of likely N-dealkylation sites (tertiary alicyclic amines) is 1. The molecule has 0 bridgehead atoms. The number of hydrogen-bond donors (Lipinski definition) is 3. The van der Waals surface area contributed by atoms with E-state index in [2.05, 4.69) is 5.32 Å². The fraction of sp³-hybridized carbons (Fsp3) is 0.786. The SMILES string of the molecule is CC(C)[C@H](N)C(=O)NCC(=O)N1CCC(C(=O)O)CC1C. The highest BCUT2D eigenvalue weighted by Gasteiger charge is 2.32. The van der Waals surface area contributed by atoms with Crippen LogP contribution in [0.5, 0.6) is 0 Å². The second-order valence-corrected chi connectivity index (χ2v) is 5.98. The second-order valence-electron chi connectivity index (χ2n) is 5.98. The molecule has 1 rings (SSSR count). The fourth-order valence-corrected chi connectivity index (χ4v) is 2.45. The monoisotopic (exact) mass is 299 g/mol. The molecule has 1 saturated heterocycles. The molecule has 1 aliphatic rings. The number of piperidine rings is 1. The van der Waals surface area contributed by atoms with Crippen molar-refractivity contribution >= 4 is 17.8 Å². The molecule has 7 heteroatoms. The molecule has 1 aliphatic heterocycles. The van der Waals surface area contributed by atoms with Crippen molar-refractivity contribution < 1.29 is 19.5 Å². The van der Waals surface area contributed by atoms with Crippen molar-refractivity contribution in [2.75, 3.05) is 13.1 Å². The molecule has 0 saturated carbocycles. The maximum atomic E-state index is 12.1. The summed E-state index contributed by atoms with van der Waals surface area (Å²) in [7, 11) is 0. The minimum Gasteiger partial charge on any atom is -0.481 e. The van der Waals surface area contributed by atoms with E-state index < -0.39 is 17.9 Å². The molecule has 120 valence electrons. The van der Waals surface area contributed by atoms with E-state index in [9.17, 15) is 14.4 Å². The van der Waals surface area contributed by atoms with Crippen LogP contribution in [0.4, 0.5) is 0 Å². The molecule has 0 aliphatic carbocycles. The molecule has 0 aromatic carbocycles. The highest BCUT2D eigenvalue weighted by molar-refractivity contribution is 5.87. The summed E-state index contributed by atoms with van der Waals surface area (Å²) in [5.74, 6) is -1.74. The molecule has 0 aromatic rings. The Morgan fingerprint density at radius 3 is 2.48 bits per heavy atom. The first-order valence-electron chi connectivity index (χ1n) is 7.29. The van der Waals surface area contributed by atoms with E-state index in [0.717, 1.165) is 0 Å². The van der Waals surface area contributed by atoms with Gasteiger partial charge in [0, 0.05) is 12.6 Å². The Morgan fingerprint density at radius 2 is 2.00 bits per heavy atom. The van der Waals surface area contributed by atoms with Crippen molar-refractivity contribution in [2.24, 2.45) is 17.6 Å². The zero-order valence-electron chi connectivity index (χ0n) is 12.8. The maximum Gasteiger partial charge on any atom is 0.306 e. The minimum atomic E-state index is -0.815. The van der Waals surface area contributed by atoms with Gasteiger partial charge in [-0.25, -0.2) is 0 Å². The lowest BCUT2D eigenvalue weighted by Gasteiger charge is -2.36. The molecule has 3 atom stereocenters. The van der Waals surface area contributed by atoms with Gasteiger partial charge >= 0.3 is 5.97 Å². The zero-order valence-corrected chi connectivity index (χ0v) is 12.8. The van der Waals surface area contributed by atoms with Crippen molar-refractivity contribution in [3.05, 3.63) is 0 Å². The largest absolute Gasteiger partial charge is 0.481 e. The summed E-state index contributed by atoms with van der Waals surface area (Å²) in [4.78, 5) is 36.4. The lowest BCUT2D eigenvalue weighted by Crippen LogP contribution is -2.51. The van der Waals surface area contributed by atoms with E-state index >= 15 is 0 Å². The van der Waals surface area contributed by atoms with Crippen LogP contribution < -0.4 is 11.1 Å². The molecule has 21 heavy (non-hydrogen) atoms. The highest BCUT2D eigenvalue weighted by Crippen LogP contribution is 2.22. The van der Waals surface area contributed by atoms with Gasteiger partial charge in [-0.2, -0.15) is 0 Å². The van der Waals surface area contributed by atoms with Crippen LogP contribution in [-0.4, -0.2) is 53.0 Å². The molecule has 2 amide bonds. The number of rotatable bonds is 5. The fourth-order valence-electron chi connectivity index (χ4n) is 2.45. The predicted octanol–water partition coefficient (Wildman–Crippen LogP) is -0.202. The van der Waals surface area contributed by atoms with Gasteiger partial charge in [-0.3, -0.25) is 14.4 Å². The molecule has 1 fully saturated rings. The van der Waals surface area contributed by atoms with Crippen LogP contribution in [0.2, 0.25) is 0 Å². The molecular weight excluding hydrogens is 274 g/mol. The van der Waals surface area contributed by atoms with Gasteiger partial charge in [0.2, 0.25) is 11.8 Å². The lowest BCUT2D eigenvalue weighted by atomic mass is 9.91. The number of nitrogens with zero attached hydrogens (tertiary/aromatic N) is 1. The number of carbonyl (C=O) groups excluding carboxylic acids is 2. The van der Waals surface area contributed by atoms with Crippen LogP contribution in [0, 0.1) is 11.8 Å². The first-order chi connectivity index (χ1) is 9.73. The van der Waals surface area contributed by atoms with Crippen LogP contribution >= 0.6 is 0 Å². The number of carbonyl (C=O) groups is 3. The normalized spacial score (nSPS) is 23.8. The summed E-state index contributed by atoms with van der Waals surface area (Å²) < 4.78 is 0. The molecule has 0 aromatic heterocycles. The number of carboxylic acids is 1. The van der Waals surface area contributed by atoms with E-state index in [1.54, 1.807) is 4.90 Å². The molecule has 2 unspecified atom stereocenters. The predicted molar refractivity (Wildman–Crippen MR) is 77.4 cm³/mol. The van der Waals surface area contributed by atoms with E-state index in [1.807, 2.05) is 20.8 Å². The summed E-state index contributed by atoms with van der Waals surface area (Å²) in [6, 6.07) is -0.768. The lowest BCUT2D eigenvalue weighted by molar-refractivity contribution is -0.147. The Kier molecular flexibility index (Phi) is 6.14. The summed E-state index contributed by atoms with van der Waals surface area (Å²) >= 11 is 0. The van der Waals surface area contributed by atoms with Gasteiger partial charge in [0.05, 0.1) is 18.5 Å². The van der Waals surface area contributed by atoms with Crippen molar-refractivity contribution in [3.8, 4) is 0 Å². The van der Waals surface area contributed by atoms with Crippen LogP contribution in [0.3, 0.4) is 0 Å². The van der Waals surface area contributed by atoms with Crippen molar-refractivity contribution in [1.29, 1.82) is 0 Å². The van der Waals surface area contributed by atoms with E-state index in [4.69, 9.17) is 10.8 Å². The number of amides is 2. The topological polar surface area (TPSA) is 113 Å². The first-order valence-corrected chi connectivity index (χ1v) is 7.29. The van der Waals surface area contributed by atoms with E-state index in [-0.39, 0.29) is 30.3 Å². The Hall–Kier alpha value is -1.63. The van der Waals surface area contributed by atoms with E-state index in [1.165, 1.54) is 0 Å². The average molecular weight is 299 g/mol. The second kappa shape index (κ2) is 7.40. The Balaban J connectivity index is 2.46. The number of nitrogens with one attached hydrogen (secondary N) is 1. The quantitative estimate of drug-likeness (QED) is 0.650. The third kappa shape index (κ3) is 4.70. The average Bonchev–Trinajstić information content (AvgIpc) is 2.43. The number of carboxylic acid groups (broad SMARTS) is 1. The zero-order chi connectivity index (χ0) is 16.2. The first kappa shape index (κ1) is 17.4. The Bertz CT molecular complexity index is 411. The van der Waals surface area contributed by atoms with Crippen LogP contribution in [0.1, 0.15) is 33.6 Å². The smallest absolute Gasteiger partial charge is 0.306 e. The standard InChI is InChI=1S/C14H25N3O4/c1-8(2)12(15)13(19)16-7-11(18)17-5-4-10(14(20)21)6-9(17)3/h8-10,12H,4-7,15H2,1-3H3,(H,16,19)(H,20,21)/t9?,10?,12-/m0/s1. The van der Waals surface area contributed by atoms with Gasteiger partial charge in [-0.1, -0.05) is 13.8 Å². The van der Waals surface area contributed by atoms with Gasteiger partial charge in [0.1, 0.15) is 0 Å². The number of hydrogen-bond acceptors (Lipinski definition) is 4. The molecule has 0 spiro atoms. The number of nitrogens with two attached hydrogens (primary N) is 1. The van der Waals surface area contributed by atoms with Crippen LogP contribution in [0.15, 0.2) is 0 Å². The maximum absolute atomic E-state index is 12.1. The summed E-state index contributed by atoms with van der Waals surface area (Å²) in [6.07, 6.45) is 0.894. The Labute approximate surface area is 124 Å². The molecule has 4 N–H and O–H groups in total. The third-order valence-electron chi connectivity index (χ3n) is 3.98. The van der Waals surface area contributed by atoms with Crippen molar-refractivity contribution in [1.82, 2.24) is 10.2 Å². The molecule has 0 radical (unpaired) electrons. The molecule has 1 heterocycles. The minimum absolute atomic E-state index is 0.00494.